The summed E-state index contributed by atoms with van der Waals surface area (Å²) in [7, 11) is -0.644. The Balaban J connectivity index is 4.68. The molecule has 0 rings (SSSR count). The molecule has 0 radical (unpaired) electrons. The summed E-state index contributed by atoms with van der Waals surface area (Å²) in [6, 6.07) is 0. The largest absolute Gasteiger partial charge is 0.223 e. The van der Waals surface area contributed by atoms with Crippen LogP contribution in [-0.4, -0.2) is 18.8 Å². The van der Waals surface area contributed by atoms with E-state index in [0.29, 0.717) is 0 Å². The second-order valence-electron chi connectivity index (χ2n) is 3.24. The van der Waals surface area contributed by atoms with Crippen molar-refractivity contribution in [3.05, 3.63) is 48.4 Å². The van der Waals surface area contributed by atoms with E-state index in [4.69, 9.17) is 0 Å². The molecule has 0 heterocycles. The zero-order valence-corrected chi connectivity index (χ0v) is 9.03. The van der Waals surface area contributed by atoms with Gasteiger partial charge in [-0.3, -0.25) is 0 Å². The maximum Gasteiger partial charge on any atom is -0.0107 e. The summed E-state index contributed by atoms with van der Waals surface area (Å²) in [6.07, 6.45) is 16.5. The van der Waals surface area contributed by atoms with Crippen LogP contribution < -0.4 is 0 Å². The van der Waals surface area contributed by atoms with Crippen LogP contribution in [0, 0.1) is 0 Å². The molecule has 0 aliphatic rings. The topological polar surface area (TPSA) is 0 Å². The van der Waals surface area contributed by atoms with Crippen LogP contribution in [0.1, 0.15) is 0 Å². The van der Waals surface area contributed by atoms with Crippen molar-refractivity contribution in [1.82, 2.24) is 0 Å². The molecule has 0 fully saturated rings. The Morgan fingerprint density at radius 1 is 1.08 bits per heavy atom. The van der Waals surface area contributed by atoms with Gasteiger partial charge in [-0.05, 0) is 23.7 Å². The van der Waals surface area contributed by atoms with Crippen LogP contribution in [0.15, 0.2) is 48.4 Å². The van der Waals surface area contributed by atoms with Crippen molar-refractivity contribution in [2.45, 2.75) is 0 Å². The molecule has 0 amide bonds. The lowest BCUT2D eigenvalue weighted by Crippen LogP contribution is -1.93. The Bertz CT molecular complexity index is 214. The lowest BCUT2D eigenvalue weighted by atomic mass is 10.4. The Kier molecular flexibility index (Phi) is 4.75. The third-order valence-corrected chi connectivity index (χ3v) is 3.07. The van der Waals surface area contributed by atoms with Gasteiger partial charge in [0.05, 0.1) is 0 Å². The van der Waals surface area contributed by atoms with E-state index in [0.717, 1.165) is 0 Å². The van der Waals surface area contributed by atoms with Gasteiger partial charge in [-0.25, -0.2) is 10.0 Å². The third kappa shape index (κ3) is 4.24. The minimum Gasteiger partial charge on any atom is -0.223 e. The standard InChI is InChI=1S/C11H18S/c1-6-8-10-11(9-7-2)12(3,4)5/h6-10H,1-2H2,3-5H3/b10-8-,11-9+. The summed E-state index contributed by atoms with van der Waals surface area (Å²) in [5.74, 6) is 0. The molecule has 0 N–H and O–H groups in total. The van der Waals surface area contributed by atoms with Crippen LogP contribution in [0.25, 0.3) is 0 Å². The van der Waals surface area contributed by atoms with Gasteiger partial charge in [0, 0.05) is 0 Å². The van der Waals surface area contributed by atoms with E-state index in [1.54, 1.807) is 6.08 Å². The Hall–Kier alpha value is -0.690. The maximum absolute atomic E-state index is 3.70. The highest BCUT2D eigenvalue weighted by atomic mass is 32.3. The van der Waals surface area contributed by atoms with Crippen LogP contribution in [0.3, 0.4) is 0 Å². The first kappa shape index (κ1) is 11.3. The molecule has 0 spiro atoms. The van der Waals surface area contributed by atoms with Crippen molar-refractivity contribution in [3.63, 3.8) is 0 Å². The lowest BCUT2D eigenvalue weighted by Gasteiger charge is -2.26. The molecule has 1 heteroatoms. The molecule has 0 aromatic heterocycles. The van der Waals surface area contributed by atoms with Crippen LogP contribution in [0.2, 0.25) is 0 Å². The molecule has 0 unspecified atom stereocenters. The van der Waals surface area contributed by atoms with Crippen molar-refractivity contribution in [2.24, 2.45) is 0 Å². The van der Waals surface area contributed by atoms with Gasteiger partial charge in [0.25, 0.3) is 0 Å². The van der Waals surface area contributed by atoms with Crippen molar-refractivity contribution < 1.29 is 0 Å². The highest BCUT2D eigenvalue weighted by Gasteiger charge is 2.06. The summed E-state index contributed by atoms with van der Waals surface area (Å²) in [5, 5.41) is 0. The first-order valence-corrected chi connectivity index (χ1v) is 6.68. The molecule has 12 heavy (non-hydrogen) atoms. The van der Waals surface area contributed by atoms with Crippen LogP contribution >= 0.6 is 10.0 Å². The normalized spacial score (nSPS) is 14.8. The number of hydrogen-bond acceptors (Lipinski definition) is 0. The maximum atomic E-state index is 3.70. The Morgan fingerprint density at radius 3 is 2.00 bits per heavy atom. The summed E-state index contributed by atoms with van der Waals surface area (Å²) < 4.78 is 0. The van der Waals surface area contributed by atoms with Gasteiger partial charge >= 0.3 is 0 Å². The monoisotopic (exact) mass is 182 g/mol. The van der Waals surface area contributed by atoms with Crippen LogP contribution in [0.4, 0.5) is 0 Å². The predicted molar refractivity (Wildman–Crippen MR) is 63.0 cm³/mol. The minimum absolute atomic E-state index is 0.644. The van der Waals surface area contributed by atoms with E-state index < -0.39 is 10.0 Å². The fourth-order valence-corrected chi connectivity index (χ4v) is 1.73. The average molecular weight is 182 g/mol. The van der Waals surface area contributed by atoms with Gasteiger partial charge in [-0.2, -0.15) is 0 Å². The molecule has 0 aromatic rings. The van der Waals surface area contributed by atoms with Gasteiger partial charge in [-0.15, -0.1) is 0 Å². The van der Waals surface area contributed by atoms with E-state index in [2.05, 4.69) is 44.1 Å². The molecular formula is C11H18S. The highest BCUT2D eigenvalue weighted by Crippen LogP contribution is 2.45. The molecule has 68 valence electrons. The molecule has 0 bridgehead atoms. The first-order chi connectivity index (χ1) is 5.52. The molecule has 0 atom stereocenters. The quantitative estimate of drug-likeness (QED) is 0.584. The van der Waals surface area contributed by atoms with Crippen molar-refractivity contribution in [2.75, 3.05) is 18.8 Å². The Labute approximate surface area is 77.7 Å². The van der Waals surface area contributed by atoms with Crippen LogP contribution in [-0.2, 0) is 0 Å². The predicted octanol–water partition coefficient (Wildman–Crippen LogP) is 3.49. The fourth-order valence-electron chi connectivity index (χ4n) is 0.743. The number of hydrogen-bond donors (Lipinski definition) is 0. The third-order valence-electron chi connectivity index (χ3n) is 1.39. The number of rotatable bonds is 4. The van der Waals surface area contributed by atoms with Gasteiger partial charge in [0.2, 0.25) is 0 Å². The molecule has 0 nitrogen and oxygen atoms in total. The summed E-state index contributed by atoms with van der Waals surface area (Å²) in [6.45, 7) is 7.34. The average Bonchev–Trinajstić information content (AvgIpc) is 1.95. The molecule has 0 saturated heterocycles. The first-order valence-electron chi connectivity index (χ1n) is 3.82. The second-order valence-corrected chi connectivity index (χ2v) is 7.38. The van der Waals surface area contributed by atoms with Gasteiger partial charge in [0.1, 0.15) is 0 Å². The van der Waals surface area contributed by atoms with E-state index in [1.807, 2.05) is 12.2 Å². The van der Waals surface area contributed by atoms with E-state index in [9.17, 15) is 0 Å². The molecule has 0 aromatic carbocycles. The van der Waals surface area contributed by atoms with Crippen molar-refractivity contribution in [3.8, 4) is 0 Å². The fraction of sp³-hybridized carbons (Fsp3) is 0.273. The van der Waals surface area contributed by atoms with E-state index in [-0.39, 0.29) is 0 Å². The summed E-state index contributed by atoms with van der Waals surface area (Å²) >= 11 is 0. The van der Waals surface area contributed by atoms with Crippen LogP contribution in [0.5, 0.6) is 0 Å². The smallest absolute Gasteiger partial charge is 0.0107 e. The minimum atomic E-state index is -0.644. The van der Waals surface area contributed by atoms with Crippen molar-refractivity contribution in [1.29, 1.82) is 0 Å². The van der Waals surface area contributed by atoms with E-state index in [1.165, 1.54) is 4.91 Å². The van der Waals surface area contributed by atoms with Gasteiger partial charge < -0.3 is 0 Å². The summed E-state index contributed by atoms with van der Waals surface area (Å²) in [5.41, 5.74) is 0. The zero-order chi connectivity index (χ0) is 9.61. The second kappa shape index (κ2) is 5.04. The molecular weight excluding hydrogens is 164 g/mol. The molecule has 0 saturated carbocycles. The Morgan fingerprint density at radius 2 is 1.67 bits per heavy atom. The summed E-state index contributed by atoms with van der Waals surface area (Å²) in [4.78, 5) is 1.34. The lowest BCUT2D eigenvalue weighted by molar-refractivity contribution is 1.81. The van der Waals surface area contributed by atoms with Crippen molar-refractivity contribution >= 4 is 10.0 Å². The highest BCUT2D eigenvalue weighted by molar-refractivity contribution is 8.35. The van der Waals surface area contributed by atoms with Gasteiger partial charge in [-0.1, -0.05) is 43.5 Å². The molecule has 0 aliphatic heterocycles. The number of allylic oxidation sites excluding steroid dienone is 5. The SMILES string of the molecule is C=C/C=C\C(=C/C=C)S(C)(C)C. The van der Waals surface area contributed by atoms with Gasteiger partial charge in [0.15, 0.2) is 0 Å². The zero-order valence-electron chi connectivity index (χ0n) is 8.21. The molecule has 0 aliphatic carbocycles. The van der Waals surface area contributed by atoms with E-state index >= 15 is 0 Å².